The first-order chi connectivity index (χ1) is 14.6. The van der Waals surface area contributed by atoms with Gasteiger partial charge in [-0.2, -0.15) is 52.7 Å². The van der Waals surface area contributed by atoms with Crippen LogP contribution >= 0.6 is 0 Å². The molecule has 0 saturated heterocycles. The van der Waals surface area contributed by atoms with Crippen LogP contribution in [-0.2, 0) is 18.0 Å². The van der Waals surface area contributed by atoms with Crippen LogP contribution in [0, 0.1) is 0 Å². The van der Waals surface area contributed by atoms with Crippen molar-refractivity contribution in [3.8, 4) is 0 Å². The van der Waals surface area contributed by atoms with Gasteiger partial charge in [-0.3, -0.25) is 4.79 Å². The van der Waals surface area contributed by atoms with E-state index in [-0.39, 0.29) is 12.1 Å². The maximum absolute atomic E-state index is 12.4. The first-order valence-corrected chi connectivity index (χ1v) is 8.34. The molecule has 1 N–H and O–H groups in total. The zero-order valence-corrected chi connectivity index (χ0v) is 16.0. The van der Waals surface area contributed by atoms with Gasteiger partial charge in [0.15, 0.2) is 5.60 Å². The Kier molecular flexibility index (Phi) is 7.91. The molecule has 0 bridgehead atoms. The molecule has 2 rings (SSSR count). The van der Waals surface area contributed by atoms with E-state index in [2.05, 4.69) is 0 Å². The predicted octanol–water partition coefficient (Wildman–Crippen LogP) is 6.93. The quantitative estimate of drug-likeness (QED) is 0.359. The first kappa shape index (κ1) is 28.3. The molecule has 14 heteroatoms. The van der Waals surface area contributed by atoms with E-state index in [9.17, 15) is 62.6 Å². The van der Waals surface area contributed by atoms with Crippen molar-refractivity contribution in [2.45, 2.75) is 37.2 Å². The minimum atomic E-state index is -5.18. The van der Waals surface area contributed by atoms with Gasteiger partial charge in [-0.25, -0.2) is 0 Å². The van der Waals surface area contributed by atoms with Gasteiger partial charge in [0.2, 0.25) is 0 Å². The van der Waals surface area contributed by atoms with Crippen molar-refractivity contribution in [1.29, 1.82) is 0 Å². The Bertz CT molecular complexity index is 966. The number of hydrogen-bond acceptors (Lipinski definition) is 2. The number of rotatable bonds is 2. The second-order valence-electron chi connectivity index (χ2n) is 6.55. The van der Waals surface area contributed by atoms with Crippen molar-refractivity contribution < 1.29 is 62.6 Å². The third-order valence-corrected chi connectivity index (χ3v) is 4.01. The summed E-state index contributed by atoms with van der Waals surface area (Å²) in [5, 5.41) is 9.22. The molecule has 0 aliphatic heterocycles. The van der Waals surface area contributed by atoms with Crippen LogP contribution in [0.3, 0.4) is 0 Å². The Morgan fingerprint density at radius 3 is 1.45 bits per heavy atom. The molecule has 0 fully saturated rings. The minimum absolute atomic E-state index is 0.176. The summed E-state index contributed by atoms with van der Waals surface area (Å²) in [6.07, 6.45) is -19.7. The molecule has 0 heterocycles. The number of ketones is 1. The Morgan fingerprint density at radius 2 is 1.06 bits per heavy atom. The van der Waals surface area contributed by atoms with Crippen LogP contribution in [0.4, 0.5) is 52.7 Å². The maximum Gasteiger partial charge on any atom is 0.454 e. The molecule has 0 radical (unpaired) electrons. The number of hydrogen-bond donors (Lipinski definition) is 1. The third-order valence-electron chi connectivity index (χ3n) is 4.01. The Balaban J connectivity index is 0.000000331. The molecule has 1 unspecified atom stereocenters. The summed E-state index contributed by atoms with van der Waals surface area (Å²) in [6, 6.07) is 4.74. The molecule has 0 aromatic heterocycles. The number of aliphatic hydroxyl groups is 1. The van der Waals surface area contributed by atoms with Crippen molar-refractivity contribution in [2.24, 2.45) is 0 Å². The molecule has 0 spiro atoms. The molecule has 2 nitrogen and oxygen atoms in total. The van der Waals surface area contributed by atoms with Gasteiger partial charge < -0.3 is 5.11 Å². The van der Waals surface area contributed by atoms with E-state index >= 15 is 0 Å². The maximum atomic E-state index is 12.4. The molecule has 33 heavy (non-hydrogen) atoms. The molecule has 0 aliphatic carbocycles. The van der Waals surface area contributed by atoms with Gasteiger partial charge in [-0.1, -0.05) is 24.3 Å². The Morgan fingerprint density at radius 1 is 0.667 bits per heavy atom. The van der Waals surface area contributed by atoms with E-state index in [0.29, 0.717) is 25.1 Å². The SMILES string of the molecule is CC(O)(c1cccc(C(F)(F)F)c1)C(F)(F)F.O=C(c1cccc(C(F)(F)F)c1)C(F)(F)F. The molecule has 2 aromatic carbocycles. The van der Waals surface area contributed by atoms with Crippen LogP contribution in [0.5, 0.6) is 0 Å². The standard InChI is InChI=1S/C10H8F6O.C9H4F6O/c1-8(17,10(14,15)16)6-3-2-4-7(5-6)9(11,12)13;10-8(11,12)6-3-1-2-5(4-6)7(16)9(13,14)15/h2-5,17H,1H3;1-4H. The van der Waals surface area contributed by atoms with E-state index in [4.69, 9.17) is 0 Å². The lowest BCUT2D eigenvalue weighted by molar-refractivity contribution is -0.259. The van der Waals surface area contributed by atoms with Crippen molar-refractivity contribution in [3.05, 3.63) is 70.8 Å². The van der Waals surface area contributed by atoms with Crippen LogP contribution in [0.15, 0.2) is 48.5 Å². The first-order valence-electron chi connectivity index (χ1n) is 8.34. The zero-order valence-electron chi connectivity index (χ0n) is 16.0. The molecule has 0 saturated carbocycles. The highest BCUT2D eigenvalue weighted by atomic mass is 19.4. The smallest absolute Gasteiger partial charge is 0.376 e. The van der Waals surface area contributed by atoms with E-state index in [0.717, 1.165) is 18.2 Å². The number of carbonyl (C=O) groups is 1. The van der Waals surface area contributed by atoms with Crippen LogP contribution < -0.4 is 0 Å². The van der Waals surface area contributed by atoms with Gasteiger partial charge in [-0.05, 0) is 36.8 Å². The number of benzene rings is 2. The summed E-state index contributed by atoms with van der Waals surface area (Å²) in [5.41, 5.74) is -7.71. The molecule has 2 aromatic rings. The summed E-state index contributed by atoms with van der Waals surface area (Å²) >= 11 is 0. The average Bonchev–Trinajstić information content (AvgIpc) is 2.65. The van der Waals surface area contributed by atoms with Crippen LogP contribution in [0.2, 0.25) is 0 Å². The van der Waals surface area contributed by atoms with Crippen molar-refractivity contribution in [2.75, 3.05) is 0 Å². The Labute approximate surface area is 177 Å². The van der Waals surface area contributed by atoms with Gasteiger partial charge in [0.05, 0.1) is 11.1 Å². The van der Waals surface area contributed by atoms with Crippen LogP contribution in [-0.4, -0.2) is 23.2 Å². The normalized spacial score (nSPS) is 14.7. The third kappa shape index (κ3) is 7.37. The topological polar surface area (TPSA) is 37.3 Å². The fourth-order valence-electron chi connectivity index (χ4n) is 2.16. The molecule has 184 valence electrons. The van der Waals surface area contributed by atoms with Gasteiger partial charge in [0, 0.05) is 5.56 Å². The Hall–Kier alpha value is -2.77. The van der Waals surface area contributed by atoms with Gasteiger partial charge in [0.25, 0.3) is 5.78 Å². The van der Waals surface area contributed by atoms with Crippen LogP contribution in [0.25, 0.3) is 0 Å². The lowest BCUT2D eigenvalue weighted by Gasteiger charge is -2.27. The van der Waals surface area contributed by atoms with Crippen molar-refractivity contribution >= 4 is 5.78 Å². The molecule has 0 amide bonds. The number of alkyl halides is 12. The lowest BCUT2D eigenvalue weighted by atomic mass is 9.94. The van der Waals surface area contributed by atoms with Gasteiger partial charge >= 0.3 is 24.7 Å². The molecular weight excluding hydrogens is 488 g/mol. The second-order valence-corrected chi connectivity index (χ2v) is 6.55. The van der Waals surface area contributed by atoms with E-state index < -0.39 is 58.3 Å². The van der Waals surface area contributed by atoms with E-state index in [1.54, 1.807) is 0 Å². The monoisotopic (exact) mass is 500 g/mol. The zero-order chi connectivity index (χ0) is 26.0. The van der Waals surface area contributed by atoms with Gasteiger partial charge in [0.1, 0.15) is 0 Å². The largest absolute Gasteiger partial charge is 0.454 e. The second kappa shape index (κ2) is 9.23. The fraction of sp³-hybridized carbons (Fsp3) is 0.316. The highest BCUT2D eigenvalue weighted by Crippen LogP contribution is 2.40. The predicted molar refractivity (Wildman–Crippen MR) is 88.9 cm³/mol. The number of halogens is 12. The highest BCUT2D eigenvalue weighted by molar-refractivity contribution is 6.00. The minimum Gasteiger partial charge on any atom is -0.376 e. The summed E-state index contributed by atoms with van der Waals surface area (Å²) < 4.78 is 146. The van der Waals surface area contributed by atoms with Crippen molar-refractivity contribution in [1.82, 2.24) is 0 Å². The average molecular weight is 500 g/mol. The summed E-state index contributed by atoms with van der Waals surface area (Å²) in [5.74, 6) is -2.29. The van der Waals surface area contributed by atoms with Crippen LogP contribution in [0.1, 0.15) is 34.0 Å². The lowest BCUT2D eigenvalue weighted by Crippen LogP contribution is -2.39. The number of carbonyl (C=O) groups excluding carboxylic acids is 1. The van der Waals surface area contributed by atoms with Gasteiger partial charge in [-0.15, -0.1) is 0 Å². The summed E-state index contributed by atoms with van der Waals surface area (Å²) in [7, 11) is 0. The molecule has 0 aliphatic rings. The van der Waals surface area contributed by atoms with E-state index in [1.807, 2.05) is 0 Å². The van der Waals surface area contributed by atoms with E-state index in [1.165, 1.54) is 0 Å². The summed E-state index contributed by atoms with van der Waals surface area (Å²) in [6.45, 7) is 0.405. The fourth-order valence-corrected chi connectivity index (χ4v) is 2.16. The number of Topliss-reactive ketones (excluding diaryl/α,β-unsaturated/α-hetero) is 1. The van der Waals surface area contributed by atoms with Crippen molar-refractivity contribution in [3.63, 3.8) is 0 Å². The molecule has 1 atom stereocenters. The highest BCUT2D eigenvalue weighted by Gasteiger charge is 2.51. The molecular formula is C19H12F12O2. The summed E-state index contributed by atoms with van der Waals surface area (Å²) in [4.78, 5) is 10.7.